The fourth-order valence-electron chi connectivity index (χ4n) is 2.17. The Morgan fingerprint density at radius 3 is 3.05 bits per heavy atom. The monoisotopic (exact) mass is 299 g/mol. The number of carbonyl (C=O) groups is 1. The van der Waals surface area contributed by atoms with Gasteiger partial charge in [-0.1, -0.05) is 6.07 Å². The smallest absolute Gasteiger partial charge is 0.251 e. The van der Waals surface area contributed by atoms with Gasteiger partial charge < -0.3 is 14.8 Å². The third-order valence-corrected chi connectivity index (χ3v) is 3.33. The zero-order valence-corrected chi connectivity index (χ0v) is 12.1. The highest BCUT2D eigenvalue weighted by atomic mass is 16.5. The summed E-state index contributed by atoms with van der Waals surface area (Å²) in [5.41, 5.74) is 1.32. The Kier molecular flexibility index (Phi) is 4.60. The van der Waals surface area contributed by atoms with Crippen molar-refractivity contribution in [2.75, 3.05) is 13.2 Å². The van der Waals surface area contributed by atoms with Gasteiger partial charge in [0.05, 0.1) is 25.5 Å². The zero-order chi connectivity index (χ0) is 15.2. The molecular weight excluding hydrogens is 282 g/mol. The summed E-state index contributed by atoms with van der Waals surface area (Å²) in [7, 11) is 0. The van der Waals surface area contributed by atoms with Crippen LogP contribution >= 0.6 is 0 Å². The lowest BCUT2D eigenvalue weighted by molar-refractivity contribution is 0.0949. The Hall–Kier alpha value is -2.47. The number of nitrogens with one attached hydrogen (secondary N) is 1. The molecule has 6 heteroatoms. The molecule has 1 aliphatic heterocycles. The number of rotatable bonds is 5. The van der Waals surface area contributed by atoms with Gasteiger partial charge in [0.2, 0.25) is 5.88 Å². The van der Waals surface area contributed by atoms with Crippen molar-refractivity contribution in [2.24, 2.45) is 0 Å². The lowest BCUT2D eigenvalue weighted by Crippen LogP contribution is -2.23. The van der Waals surface area contributed by atoms with Crippen molar-refractivity contribution >= 4 is 5.91 Å². The van der Waals surface area contributed by atoms with Crippen molar-refractivity contribution in [3.05, 3.63) is 54.0 Å². The van der Waals surface area contributed by atoms with Crippen molar-refractivity contribution in [3.8, 4) is 5.88 Å². The lowest BCUT2D eigenvalue weighted by atomic mass is 10.2. The van der Waals surface area contributed by atoms with Crippen LogP contribution in [0.3, 0.4) is 0 Å². The van der Waals surface area contributed by atoms with Crippen LogP contribution in [0.1, 0.15) is 22.5 Å². The molecule has 1 fully saturated rings. The number of aromatic nitrogens is 2. The van der Waals surface area contributed by atoms with Crippen LogP contribution in [0.25, 0.3) is 0 Å². The molecule has 0 radical (unpaired) electrons. The molecule has 6 nitrogen and oxygen atoms in total. The predicted molar refractivity (Wildman–Crippen MR) is 79.5 cm³/mol. The normalized spacial score (nSPS) is 17.2. The lowest BCUT2D eigenvalue weighted by Gasteiger charge is -2.11. The third-order valence-electron chi connectivity index (χ3n) is 3.33. The van der Waals surface area contributed by atoms with Crippen LogP contribution in [-0.4, -0.2) is 35.2 Å². The maximum atomic E-state index is 12.2. The molecule has 114 valence electrons. The van der Waals surface area contributed by atoms with E-state index >= 15 is 0 Å². The second-order valence-corrected chi connectivity index (χ2v) is 4.99. The molecule has 1 atom stereocenters. The summed E-state index contributed by atoms with van der Waals surface area (Å²) in [4.78, 5) is 20.5. The van der Waals surface area contributed by atoms with E-state index in [1.54, 1.807) is 24.5 Å². The molecule has 0 unspecified atom stereocenters. The molecule has 2 aromatic heterocycles. The summed E-state index contributed by atoms with van der Waals surface area (Å²) in [6, 6.07) is 8.89. The van der Waals surface area contributed by atoms with Crippen LogP contribution in [0.4, 0.5) is 0 Å². The van der Waals surface area contributed by atoms with E-state index in [2.05, 4.69) is 15.3 Å². The number of nitrogens with zero attached hydrogens (tertiary/aromatic N) is 2. The number of pyridine rings is 2. The van der Waals surface area contributed by atoms with Crippen molar-refractivity contribution in [2.45, 2.75) is 19.1 Å². The highest BCUT2D eigenvalue weighted by Gasteiger charge is 2.18. The highest BCUT2D eigenvalue weighted by Crippen LogP contribution is 2.15. The Balaban J connectivity index is 1.59. The van der Waals surface area contributed by atoms with E-state index in [4.69, 9.17) is 9.47 Å². The van der Waals surface area contributed by atoms with E-state index in [-0.39, 0.29) is 12.0 Å². The molecule has 1 amide bonds. The van der Waals surface area contributed by atoms with Crippen LogP contribution in [0.2, 0.25) is 0 Å². The number of carbonyl (C=O) groups excluding carboxylic acids is 1. The maximum Gasteiger partial charge on any atom is 0.251 e. The fourth-order valence-corrected chi connectivity index (χ4v) is 2.17. The van der Waals surface area contributed by atoms with Gasteiger partial charge in [0.15, 0.2) is 0 Å². The first kappa shape index (κ1) is 14.5. The minimum Gasteiger partial charge on any atom is -0.472 e. The molecule has 0 aromatic carbocycles. The average molecular weight is 299 g/mol. The third kappa shape index (κ3) is 3.79. The van der Waals surface area contributed by atoms with Crippen molar-refractivity contribution < 1.29 is 14.3 Å². The van der Waals surface area contributed by atoms with E-state index in [0.29, 0.717) is 31.2 Å². The SMILES string of the molecule is O=C(NCc1ccccn1)c1ccnc(O[C@H]2CCOC2)c1. The van der Waals surface area contributed by atoms with Gasteiger partial charge in [-0.25, -0.2) is 4.98 Å². The van der Waals surface area contributed by atoms with E-state index < -0.39 is 0 Å². The summed E-state index contributed by atoms with van der Waals surface area (Å²) in [5, 5.41) is 2.83. The molecule has 1 aliphatic rings. The maximum absolute atomic E-state index is 12.2. The van der Waals surface area contributed by atoms with Crippen LogP contribution < -0.4 is 10.1 Å². The first-order chi connectivity index (χ1) is 10.8. The minimum absolute atomic E-state index is 0.0133. The van der Waals surface area contributed by atoms with Gasteiger partial charge in [-0.05, 0) is 18.2 Å². The molecule has 1 saturated heterocycles. The van der Waals surface area contributed by atoms with Crippen LogP contribution in [0.15, 0.2) is 42.7 Å². The van der Waals surface area contributed by atoms with Gasteiger partial charge in [-0.15, -0.1) is 0 Å². The molecule has 0 bridgehead atoms. The predicted octanol–water partition coefficient (Wildman–Crippen LogP) is 1.57. The molecule has 3 heterocycles. The van der Waals surface area contributed by atoms with Crippen LogP contribution in [-0.2, 0) is 11.3 Å². The molecule has 3 rings (SSSR count). The summed E-state index contributed by atoms with van der Waals surface area (Å²) in [6.07, 6.45) is 4.13. The van der Waals surface area contributed by atoms with Gasteiger partial charge in [0, 0.05) is 30.4 Å². The highest BCUT2D eigenvalue weighted by molar-refractivity contribution is 5.94. The van der Waals surface area contributed by atoms with Gasteiger partial charge in [0.25, 0.3) is 5.91 Å². The summed E-state index contributed by atoms with van der Waals surface area (Å²) >= 11 is 0. The number of hydrogen-bond acceptors (Lipinski definition) is 5. The second kappa shape index (κ2) is 7.00. The first-order valence-corrected chi connectivity index (χ1v) is 7.20. The Bertz CT molecular complexity index is 628. The van der Waals surface area contributed by atoms with Crippen LogP contribution in [0, 0.1) is 0 Å². The summed E-state index contributed by atoms with van der Waals surface area (Å²) < 4.78 is 11.0. The van der Waals surface area contributed by atoms with Crippen LogP contribution in [0.5, 0.6) is 5.88 Å². The molecular formula is C16H17N3O3. The van der Waals surface area contributed by atoms with E-state index in [1.807, 2.05) is 18.2 Å². The molecule has 0 saturated carbocycles. The largest absolute Gasteiger partial charge is 0.472 e. The Morgan fingerprint density at radius 1 is 1.32 bits per heavy atom. The number of ether oxygens (including phenoxy) is 2. The molecule has 0 spiro atoms. The quantitative estimate of drug-likeness (QED) is 0.907. The van der Waals surface area contributed by atoms with Crippen molar-refractivity contribution in [1.82, 2.24) is 15.3 Å². The van der Waals surface area contributed by atoms with Gasteiger partial charge in [-0.2, -0.15) is 0 Å². The fraction of sp³-hybridized carbons (Fsp3) is 0.312. The van der Waals surface area contributed by atoms with E-state index in [9.17, 15) is 4.79 Å². The summed E-state index contributed by atoms with van der Waals surface area (Å²) in [6.45, 7) is 1.65. The standard InChI is InChI=1S/C16H17N3O3/c20-16(19-10-13-3-1-2-6-17-13)12-4-7-18-15(9-12)22-14-5-8-21-11-14/h1-4,6-7,9,14H,5,8,10-11H2,(H,19,20)/t14-/m0/s1. The average Bonchev–Trinajstić information content (AvgIpc) is 3.07. The number of hydrogen-bond donors (Lipinski definition) is 1. The number of amides is 1. The second-order valence-electron chi connectivity index (χ2n) is 4.99. The topological polar surface area (TPSA) is 73.3 Å². The Morgan fingerprint density at radius 2 is 2.27 bits per heavy atom. The summed E-state index contributed by atoms with van der Waals surface area (Å²) in [5.74, 6) is 0.265. The van der Waals surface area contributed by atoms with Crippen molar-refractivity contribution in [1.29, 1.82) is 0 Å². The van der Waals surface area contributed by atoms with Gasteiger partial charge in [-0.3, -0.25) is 9.78 Å². The minimum atomic E-state index is -0.180. The first-order valence-electron chi connectivity index (χ1n) is 7.20. The van der Waals surface area contributed by atoms with Gasteiger partial charge in [0.1, 0.15) is 6.10 Å². The van der Waals surface area contributed by atoms with E-state index in [1.165, 1.54) is 0 Å². The van der Waals surface area contributed by atoms with Crippen molar-refractivity contribution in [3.63, 3.8) is 0 Å². The van der Waals surface area contributed by atoms with Gasteiger partial charge >= 0.3 is 0 Å². The Labute approximate surface area is 128 Å². The molecule has 22 heavy (non-hydrogen) atoms. The molecule has 1 N–H and O–H groups in total. The zero-order valence-electron chi connectivity index (χ0n) is 12.1. The molecule has 2 aromatic rings. The van der Waals surface area contributed by atoms with E-state index in [0.717, 1.165) is 12.1 Å². The molecule has 0 aliphatic carbocycles.